The summed E-state index contributed by atoms with van der Waals surface area (Å²) in [6.07, 6.45) is -4.38. The Kier molecular flexibility index (Phi) is 7.01. The Morgan fingerprint density at radius 3 is 2.50 bits per heavy atom. The van der Waals surface area contributed by atoms with Crippen molar-refractivity contribution in [3.63, 3.8) is 0 Å². The third kappa shape index (κ3) is 5.30. The minimum atomic E-state index is -4.38. The number of amides is 1. The van der Waals surface area contributed by atoms with Gasteiger partial charge in [-0.05, 0) is 30.3 Å². The van der Waals surface area contributed by atoms with Gasteiger partial charge in [0.15, 0.2) is 11.0 Å². The van der Waals surface area contributed by atoms with E-state index in [9.17, 15) is 18.0 Å². The van der Waals surface area contributed by atoms with Crippen molar-refractivity contribution in [2.24, 2.45) is 7.05 Å². The lowest BCUT2D eigenvalue weighted by atomic mass is 10.1. The molecule has 7 nitrogen and oxygen atoms in total. The number of carbonyl (C=O) groups excluding carboxylic acids is 1. The van der Waals surface area contributed by atoms with Gasteiger partial charge in [-0.2, -0.15) is 13.2 Å². The van der Waals surface area contributed by atoms with Crippen LogP contribution in [0.2, 0.25) is 0 Å². The molecular weight excluding hydrogens is 467 g/mol. The van der Waals surface area contributed by atoms with Gasteiger partial charge in [0.1, 0.15) is 5.75 Å². The van der Waals surface area contributed by atoms with E-state index in [1.807, 2.05) is 40.8 Å². The van der Waals surface area contributed by atoms with Gasteiger partial charge in [-0.1, -0.05) is 30.0 Å². The Morgan fingerprint density at radius 1 is 1.06 bits per heavy atom. The van der Waals surface area contributed by atoms with E-state index in [0.717, 1.165) is 17.7 Å². The fraction of sp³-hybridized carbons (Fsp3) is 0.348. The highest BCUT2D eigenvalue weighted by Gasteiger charge is 2.31. The molecule has 1 aliphatic heterocycles. The summed E-state index contributed by atoms with van der Waals surface area (Å²) in [4.78, 5) is 16.3. The zero-order valence-electron chi connectivity index (χ0n) is 18.7. The Balaban J connectivity index is 1.33. The van der Waals surface area contributed by atoms with E-state index < -0.39 is 11.7 Å². The molecule has 3 aromatic rings. The average Bonchev–Trinajstić information content (AvgIpc) is 3.22. The summed E-state index contributed by atoms with van der Waals surface area (Å²) in [6, 6.07) is 12.8. The van der Waals surface area contributed by atoms with Crippen LogP contribution in [-0.4, -0.2) is 64.6 Å². The second-order valence-corrected chi connectivity index (χ2v) is 8.74. The molecule has 0 bridgehead atoms. The summed E-state index contributed by atoms with van der Waals surface area (Å²) in [5.74, 6) is 1.55. The molecule has 180 valence electrons. The van der Waals surface area contributed by atoms with Crippen LogP contribution in [0.4, 0.5) is 18.9 Å². The summed E-state index contributed by atoms with van der Waals surface area (Å²) >= 11 is 1.30. The van der Waals surface area contributed by atoms with Crippen molar-refractivity contribution in [2.75, 3.05) is 43.9 Å². The van der Waals surface area contributed by atoms with Crippen LogP contribution in [0.1, 0.15) is 5.56 Å². The van der Waals surface area contributed by atoms with Crippen LogP contribution < -0.4 is 9.64 Å². The van der Waals surface area contributed by atoms with Gasteiger partial charge < -0.3 is 19.1 Å². The number of ether oxygens (including phenoxy) is 1. The maximum Gasteiger partial charge on any atom is 0.416 e. The second-order valence-electron chi connectivity index (χ2n) is 7.80. The highest BCUT2D eigenvalue weighted by atomic mass is 32.2. The number of thioether (sulfide) groups is 1. The van der Waals surface area contributed by atoms with Crippen LogP contribution in [-0.2, 0) is 18.0 Å². The first-order chi connectivity index (χ1) is 16.3. The predicted octanol–water partition coefficient (Wildman–Crippen LogP) is 3.95. The first-order valence-corrected chi connectivity index (χ1v) is 11.6. The first kappa shape index (κ1) is 23.9. The van der Waals surface area contributed by atoms with E-state index >= 15 is 0 Å². The van der Waals surface area contributed by atoms with Crippen molar-refractivity contribution in [1.82, 2.24) is 19.7 Å². The summed E-state index contributed by atoms with van der Waals surface area (Å²) < 4.78 is 46.1. The van der Waals surface area contributed by atoms with Crippen LogP contribution in [0.15, 0.2) is 53.7 Å². The molecule has 0 saturated carbocycles. The van der Waals surface area contributed by atoms with E-state index in [0.29, 0.717) is 48.6 Å². The van der Waals surface area contributed by atoms with Crippen LogP contribution in [0.5, 0.6) is 5.75 Å². The quantitative estimate of drug-likeness (QED) is 0.487. The van der Waals surface area contributed by atoms with Crippen molar-refractivity contribution in [2.45, 2.75) is 11.3 Å². The van der Waals surface area contributed by atoms with Crippen molar-refractivity contribution >= 4 is 23.4 Å². The van der Waals surface area contributed by atoms with E-state index in [1.54, 1.807) is 18.1 Å². The second kappa shape index (κ2) is 9.96. The number of halogens is 3. The number of anilines is 1. The normalized spacial score (nSPS) is 14.4. The molecular formula is C23H24F3N5O2S. The van der Waals surface area contributed by atoms with Gasteiger partial charge in [0, 0.05) is 44.5 Å². The van der Waals surface area contributed by atoms with Crippen LogP contribution >= 0.6 is 11.8 Å². The minimum absolute atomic E-state index is 0.0420. The number of methoxy groups -OCH3 is 1. The molecule has 34 heavy (non-hydrogen) atoms. The molecule has 0 spiro atoms. The monoisotopic (exact) mass is 491 g/mol. The SMILES string of the molecule is COc1cccc(-c2nnc(SCC(=O)N3CCN(c4cccc(C(F)(F)F)c4)CC3)n2C)c1. The highest BCUT2D eigenvalue weighted by molar-refractivity contribution is 7.99. The fourth-order valence-electron chi connectivity index (χ4n) is 3.76. The van der Waals surface area contributed by atoms with Gasteiger partial charge in [0.25, 0.3) is 0 Å². The molecule has 1 aliphatic rings. The number of hydrogen-bond donors (Lipinski definition) is 0. The van der Waals surface area contributed by atoms with Crippen molar-refractivity contribution in [3.05, 3.63) is 54.1 Å². The number of rotatable bonds is 6. The fourth-order valence-corrected chi connectivity index (χ4v) is 4.58. The summed E-state index contributed by atoms with van der Waals surface area (Å²) in [5.41, 5.74) is 0.704. The minimum Gasteiger partial charge on any atom is -0.497 e. The smallest absolute Gasteiger partial charge is 0.416 e. The number of alkyl halides is 3. The van der Waals surface area contributed by atoms with E-state index in [2.05, 4.69) is 10.2 Å². The third-order valence-corrected chi connectivity index (χ3v) is 6.66. The Labute approximate surface area is 199 Å². The maximum atomic E-state index is 13.0. The van der Waals surface area contributed by atoms with Crippen molar-refractivity contribution in [1.29, 1.82) is 0 Å². The molecule has 11 heteroatoms. The standard InChI is InChI=1S/C23H24F3N5O2S/c1-29-21(16-5-3-8-19(13-16)33-2)27-28-22(29)34-15-20(32)31-11-9-30(10-12-31)18-7-4-6-17(14-18)23(24,25)26/h3-8,13-14H,9-12,15H2,1-2H3. The largest absolute Gasteiger partial charge is 0.497 e. The maximum absolute atomic E-state index is 13.0. The lowest BCUT2D eigenvalue weighted by Gasteiger charge is -2.36. The summed E-state index contributed by atoms with van der Waals surface area (Å²) in [5, 5.41) is 9.07. The molecule has 0 atom stereocenters. The predicted molar refractivity (Wildman–Crippen MR) is 124 cm³/mol. The third-order valence-electron chi connectivity index (χ3n) is 5.66. The van der Waals surface area contributed by atoms with E-state index in [-0.39, 0.29) is 11.7 Å². The molecule has 2 aromatic carbocycles. The van der Waals surface area contributed by atoms with Gasteiger partial charge in [0.05, 0.1) is 18.4 Å². The van der Waals surface area contributed by atoms with Crippen LogP contribution in [0.25, 0.3) is 11.4 Å². The number of carbonyl (C=O) groups is 1. The Hall–Kier alpha value is -3.21. The molecule has 1 fully saturated rings. The number of piperazine rings is 1. The molecule has 2 heterocycles. The summed E-state index contributed by atoms with van der Waals surface area (Å²) in [6.45, 7) is 1.84. The van der Waals surface area contributed by atoms with Gasteiger partial charge >= 0.3 is 6.18 Å². The molecule has 0 unspecified atom stereocenters. The molecule has 1 saturated heterocycles. The van der Waals surface area contributed by atoms with Crippen molar-refractivity contribution in [3.8, 4) is 17.1 Å². The molecule has 0 aliphatic carbocycles. The van der Waals surface area contributed by atoms with Gasteiger partial charge in [-0.25, -0.2) is 0 Å². The lowest BCUT2D eigenvalue weighted by molar-refractivity contribution is -0.137. The lowest BCUT2D eigenvalue weighted by Crippen LogP contribution is -2.49. The van der Waals surface area contributed by atoms with Crippen molar-refractivity contribution < 1.29 is 22.7 Å². The van der Waals surface area contributed by atoms with Crippen LogP contribution in [0, 0.1) is 0 Å². The topological polar surface area (TPSA) is 63.5 Å². The number of benzene rings is 2. The molecule has 4 rings (SSSR count). The highest BCUT2D eigenvalue weighted by Crippen LogP contribution is 2.32. The Bertz CT molecular complexity index is 1160. The molecule has 1 amide bonds. The summed E-state index contributed by atoms with van der Waals surface area (Å²) in [7, 11) is 3.44. The zero-order chi connectivity index (χ0) is 24.3. The zero-order valence-corrected chi connectivity index (χ0v) is 19.6. The number of aromatic nitrogens is 3. The average molecular weight is 492 g/mol. The van der Waals surface area contributed by atoms with Gasteiger partial charge in [-0.3, -0.25) is 4.79 Å². The van der Waals surface area contributed by atoms with E-state index in [1.165, 1.54) is 17.8 Å². The molecule has 0 N–H and O–H groups in total. The molecule has 1 aromatic heterocycles. The Morgan fingerprint density at radius 2 is 1.79 bits per heavy atom. The van der Waals surface area contributed by atoms with E-state index in [4.69, 9.17) is 4.74 Å². The molecule has 0 radical (unpaired) electrons. The van der Waals surface area contributed by atoms with Gasteiger partial charge in [-0.15, -0.1) is 10.2 Å². The van der Waals surface area contributed by atoms with Crippen LogP contribution in [0.3, 0.4) is 0 Å². The number of nitrogens with zero attached hydrogens (tertiary/aromatic N) is 5. The number of hydrogen-bond acceptors (Lipinski definition) is 6. The first-order valence-electron chi connectivity index (χ1n) is 10.6. The van der Waals surface area contributed by atoms with Gasteiger partial charge in [0.2, 0.25) is 5.91 Å².